The molecule has 1 aromatic rings. The van der Waals surface area contributed by atoms with Gasteiger partial charge in [0.15, 0.2) is 0 Å². The Bertz CT molecular complexity index is 547. The van der Waals surface area contributed by atoms with Gasteiger partial charge < -0.3 is 15.4 Å². The van der Waals surface area contributed by atoms with Gasteiger partial charge in [-0.15, -0.1) is 0 Å². The molecule has 2 atom stereocenters. The van der Waals surface area contributed by atoms with Gasteiger partial charge in [-0.3, -0.25) is 10.1 Å². The molecule has 0 saturated heterocycles. The number of aryl methyl sites for hydroxylation is 1. The molecule has 1 aromatic carbocycles. The first-order valence-electron chi connectivity index (χ1n) is 6.86. The first kappa shape index (κ1) is 15.2. The van der Waals surface area contributed by atoms with Gasteiger partial charge in [-0.05, 0) is 37.8 Å². The molecule has 21 heavy (non-hydrogen) atoms. The highest BCUT2D eigenvalue weighted by Crippen LogP contribution is 2.23. The molecule has 0 spiro atoms. The zero-order chi connectivity index (χ0) is 15.4. The molecule has 2 N–H and O–H groups in total. The summed E-state index contributed by atoms with van der Waals surface area (Å²) in [5, 5.41) is 16.3. The Balaban J connectivity index is 1.98. The third-order valence-electron chi connectivity index (χ3n) is 3.74. The molecule has 2 amide bonds. The number of non-ortho nitro benzene ring substituents is 1. The number of carbonyl (C=O) groups excluding carboxylic acids is 1. The largest absolute Gasteiger partial charge is 0.379 e. The summed E-state index contributed by atoms with van der Waals surface area (Å²) >= 11 is 0. The van der Waals surface area contributed by atoms with E-state index in [1.165, 1.54) is 18.2 Å². The van der Waals surface area contributed by atoms with Crippen molar-refractivity contribution in [2.24, 2.45) is 0 Å². The van der Waals surface area contributed by atoms with Gasteiger partial charge in [0.05, 0.1) is 17.1 Å². The van der Waals surface area contributed by atoms with Crippen LogP contribution >= 0.6 is 0 Å². The lowest BCUT2D eigenvalue weighted by molar-refractivity contribution is -0.384. The Kier molecular flexibility index (Phi) is 4.74. The average Bonchev–Trinajstić information content (AvgIpc) is 2.87. The maximum absolute atomic E-state index is 12.0. The van der Waals surface area contributed by atoms with Crippen LogP contribution in [0.3, 0.4) is 0 Å². The van der Waals surface area contributed by atoms with Gasteiger partial charge in [-0.25, -0.2) is 4.79 Å². The summed E-state index contributed by atoms with van der Waals surface area (Å²) in [5.74, 6) is 0. The van der Waals surface area contributed by atoms with Crippen LogP contribution in [0.15, 0.2) is 18.2 Å². The molecule has 0 aromatic heterocycles. The summed E-state index contributed by atoms with van der Waals surface area (Å²) in [5.41, 5.74) is 1.22. The molecule has 2 rings (SSSR count). The van der Waals surface area contributed by atoms with Crippen LogP contribution in [0.5, 0.6) is 0 Å². The number of rotatable bonds is 4. The normalized spacial score (nSPS) is 21.0. The molecule has 0 unspecified atom stereocenters. The Morgan fingerprint density at radius 3 is 2.81 bits per heavy atom. The number of urea groups is 1. The van der Waals surface area contributed by atoms with Gasteiger partial charge in [-0.2, -0.15) is 0 Å². The molecule has 7 nitrogen and oxygen atoms in total. The van der Waals surface area contributed by atoms with Crippen LogP contribution in [0.1, 0.15) is 24.8 Å². The molecule has 1 aliphatic rings. The summed E-state index contributed by atoms with van der Waals surface area (Å²) in [7, 11) is 1.64. The van der Waals surface area contributed by atoms with Crippen molar-refractivity contribution in [1.29, 1.82) is 0 Å². The number of amides is 2. The van der Waals surface area contributed by atoms with Crippen molar-refractivity contribution in [3.8, 4) is 0 Å². The van der Waals surface area contributed by atoms with Gasteiger partial charge in [-0.1, -0.05) is 0 Å². The number of ether oxygens (including phenoxy) is 1. The van der Waals surface area contributed by atoms with E-state index in [-0.39, 0.29) is 23.9 Å². The number of anilines is 1. The minimum Gasteiger partial charge on any atom is -0.379 e. The molecular weight excluding hydrogens is 274 g/mol. The minimum atomic E-state index is -0.460. The second-order valence-electron chi connectivity index (χ2n) is 5.17. The quantitative estimate of drug-likeness (QED) is 0.659. The van der Waals surface area contributed by atoms with Crippen molar-refractivity contribution in [2.45, 2.75) is 38.3 Å². The molecule has 0 radical (unpaired) electrons. The molecule has 0 heterocycles. The number of hydrogen-bond donors (Lipinski definition) is 2. The van der Waals surface area contributed by atoms with E-state index < -0.39 is 4.92 Å². The van der Waals surface area contributed by atoms with Crippen LogP contribution in [-0.4, -0.2) is 30.2 Å². The van der Waals surface area contributed by atoms with Crippen molar-refractivity contribution in [1.82, 2.24) is 5.32 Å². The summed E-state index contributed by atoms with van der Waals surface area (Å²) in [6.07, 6.45) is 2.91. The van der Waals surface area contributed by atoms with Crippen LogP contribution in [-0.2, 0) is 4.74 Å². The van der Waals surface area contributed by atoms with Crippen molar-refractivity contribution < 1.29 is 14.5 Å². The van der Waals surface area contributed by atoms with Crippen molar-refractivity contribution >= 4 is 17.4 Å². The fourth-order valence-corrected chi connectivity index (χ4v) is 2.60. The fraction of sp³-hybridized carbons (Fsp3) is 0.500. The molecule has 1 saturated carbocycles. The van der Waals surface area contributed by atoms with E-state index in [2.05, 4.69) is 10.6 Å². The highest BCUT2D eigenvalue weighted by molar-refractivity contribution is 5.90. The Morgan fingerprint density at radius 1 is 1.43 bits per heavy atom. The zero-order valence-corrected chi connectivity index (χ0v) is 12.1. The van der Waals surface area contributed by atoms with Gasteiger partial charge in [0.2, 0.25) is 0 Å². The van der Waals surface area contributed by atoms with Crippen LogP contribution in [0.25, 0.3) is 0 Å². The van der Waals surface area contributed by atoms with E-state index in [1.54, 1.807) is 14.0 Å². The summed E-state index contributed by atoms with van der Waals surface area (Å²) in [6.45, 7) is 1.72. The van der Waals surface area contributed by atoms with E-state index >= 15 is 0 Å². The van der Waals surface area contributed by atoms with Crippen molar-refractivity contribution in [2.75, 3.05) is 12.4 Å². The van der Waals surface area contributed by atoms with E-state index in [0.717, 1.165) is 19.3 Å². The van der Waals surface area contributed by atoms with Gasteiger partial charge >= 0.3 is 6.03 Å². The van der Waals surface area contributed by atoms with E-state index in [9.17, 15) is 14.9 Å². The lowest BCUT2D eigenvalue weighted by atomic mass is 10.2. The Morgan fingerprint density at radius 2 is 2.19 bits per heavy atom. The topological polar surface area (TPSA) is 93.5 Å². The second-order valence-corrected chi connectivity index (χ2v) is 5.17. The van der Waals surface area contributed by atoms with Crippen molar-refractivity contribution in [3.05, 3.63) is 33.9 Å². The Hall–Kier alpha value is -2.15. The van der Waals surface area contributed by atoms with Crippen LogP contribution in [0, 0.1) is 17.0 Å². The number of methoxy groups -OCH3 is 1. The maximum atomic E-state index is 12.0. The van der Waals surface area contributed by atoms with Gasteiger partial charge in [0.1, 0.15) is 0 Å². The van der Waals surface area contributed by atoms with Crippen LogP contribution in [0.4, 0.5) is 16.2 Å². The van der Waals surface area contributed by atoms with Gasteiger partial charge in [0, 0.05) is 24.9 Å². The molecule has 7 heteroatoms. The number of nitrogens with one attached hydrogen (secondary N) is 2. The second kappa shape index (κ2) is 6.53. The molecule has 0 bridgehead atoms. The first-order valence-corrected chi connectivity index (χ1v) is 6.86. The third kappa shape index (κ3) is 3.69. The fourth-order valence-electron chi connectivity index (χ4n) is 2.60. The zero-order valence-electron chi connectivity index (χ0n) is 12.1. The SMILES string of the molecule is CO[C@H]1CCC[C@H]1NC(=O)Nc1ccc([N+](=O)[O-])cc1C. The monoisotopic (exact) mass is 293 g/mol. The minimum absolute atomic E-state index is 0.00774. The smallest absolute Gasteiger partial charge is 0.319 e. The van der Waals surface area contributed by atoms with Crippen LogP contribution < -0.4 is 10.6 Å². The molecule has 1 fully saturated rings. The first-order chi connectivity index (χ1) is 10.0. The number of carbonyl (C=O) groups is 1. The molecule has 1 aliphatic carbocycles. The van der Waals surface area contributed by atoms with E-state index in [0.29, 0.717) is 11.3 Å². The number of nitro benzene ring substituents is 1. The Labute approximate surface area is 122 Å². The maximum Gasteiger partial charge on any atom is 0.319 e. The predicted molar refractivity (Wildman–Crippen MR) is 78.4 cm³/mol. The number of hydrogen-bond acceptors (Lipinski definition) is 4. The average molecular weight is 293 g/mol. The standard InChI is InChI=1S/C14H19N3O4/c1-9-8-10(17(19)20)6-7-11(9)15-14(18)16-12-4-3-5-13(12)21-2/h6-8,12-13H,3-5H2,1-2H3,(H2,15,16,18)/t12-,13+/m1/s1. The third-order valence-corrected chi connectivity index (χ3v) is 3.74. The van der Waals surface area contributed by atoms with Crippen LogP contribution in [0.2, 0.25) is 0 Å². The highest BCUT2D eigenvalue weighted by atomic mass is 16.6. The number of nitro groups is 1. The van der Waals surface area contributed by atoms with Gasteiger partial charge in [0.25, 0.3) is 5.69 Å². The summed E-state index contributed by atoms with van der Waals surface area (Å²) < 4.78 is 5.32. The predicted octanol–water partition coefficient (Wildman–Crippen LogP) is 2.59. The van der Waals surface area contributed by atoms with Crippen molar-refractivity contribution in [3.63, 3.8) is 0 Å². The lowest BCUT2D eigenvalue weighted by Gasteiger charge is -2.20. The lowest BCUT2D eigenvalue weighted by Crippen LogP contribution is -2.42. The van der Waals surface area contributed by atoms with E-state index in [4.69, 9.17) is 4.74 Å². The molecule has 114 valence electrons. The summed E-state index contributed by atoms with van der Waals surface area (Å²) in [6, 6.07) is 4.03. The molecular formula is C14H19N3O4. The molecule has 0 aliphatic heterocycles. The number of nitrogens with zero attached hydrogens (tertiary/aromatic N) is 1. The van der Waals surface area contributed by atoms with E-state index in [1.807, 2.05) is 0 Å². The number of benzene rings is 1. The highest BCUT2D eigenvalue weighted by Gasteiger charge is 2.28. The summed E-state index contributed by atoms with van der Waals surface area (Å²) in [4.78, 5) is 22.2.